The van der Waals surface area contributed by atoms with E-state index in [0.717, 1.165) is 18.2 Å². The molecule has 0 amide bonds. The molecule has 1 atom stereocenters. The molecular formula is C10H15FN2O4S. The highest BCUT2D eigenvalue weighted by molar-refractivity contribution is 7.89. The Labute approximate surface area is 104 Å². The van der Waals surface area contributed by atoms with Crippen molar-refractivity contribution in [3.8, 4) is 0 Å². The minimum atomic E-state index is -3.91. The summed E-state index contributed by atoms with van der Waals surface area (Å²) in [6.07, 6.45) is 0. The molecule has 0 aromatic heterocycles. The molecule has 0 radical (unpaired) electrons. The van der Waals surface area contributed by atoms with E-state index in [1.807, 2.05) is 0 Å². The summed E-state index contributed by atoms with van der Waals surface area (Å²) in [4.78, 5) is -0.213. The Morgan fingerprint density at radius 2 is 2.11 bits per heavy atom. The van der Waals surface area contributed by atoms with E-state index in [-0.39, 0.29) is 17.1 Å². The molecule has 0 spiro atoms. The number of sulfonamides is 1. The maximum Gasteiger partial charge on any atom is 0.240 e. The Balaban J connectivity index is 2.90. The molecule has 6 nitrogen and oxygen atoms in total. The first-order valence-electron chi connectivity index (χ1n) is 5.06. The van der Waals surface area contributed by atoms with Gasteiger partial charge in [-0.05, 0) is 25.1 Å². The summed E-state index contributed by atoms with van der Waals surface area (Å²) in [5.41, 5.74) is 3.41. The zero-order valence-electron chi connectivity index (χ0n) is 9.72. The molecule has 0 heterocycles. The van der Waals surface area contributed by atoms with Crippen molar-refractivity contribution in [3.05, 3.63) is 24.0 Å². The molecule has 0 aliphatic rings. The fraction of sp³-hybridized carbons (Fsp3) is 0.400. The summed E-state index contributed by atoms with van der Waals surface area (Å²) < 4.78 is 38.6. The monoisotopic (exact) mass is 278 g/mol. The summed E-state index contributed by atoms with van der Waals surface area (Å²) in [5, 5.41) is 18.3. The Bertz CT molecular complexity index is 531. The van der Waals surface area contributed by atoms with Gasteiger partial charge in [0.15, 0.2) is 0 Å². The molecule has 1 aromatic rings. The third kappa shape index (κ3) is 3.64. The third-order valence-electron chi connectivity index (χ3n) is 2.26. The van der Waals surface area contributed by atoms with Crippen LogP contribution in [-0.4, -0.2) is 37.4 Å². The van der Waals surface area contributed by atoms with Crippen LogP contribution in [0.15, 0.2) is 23.1 Å². The number of halogens is 1. The van der Waals surface area contributed by atoms with E-state index < -0.39 is 28.0 Å². The highest BCUT2D eigenvalue weighted by Gasteiger charge is 2.23. The van der Waals surface area contributed by atoms with Crippen molar-refractivity contribution in [1.29, 1.82) is 0 Å². The van der Waals surface area contributed by atoms with E-state index in [2.05, 4.69) is 4.72 Å². The second-order valence-electron chi connectivity index (χ2n) is 4.16. The van der Waals surface area contributed by atoms with Crippen LogP contribution in [0.2, 0.25) is 0 Å². The van der Waals surface area contributed by atoms with E-state index in [1.54, 1.807) is 0 Å². The predicted molar refractivity (Wildman–Crippen MR) is 63.7 cm³/mol. The smallest absolute Gasteiger partial charge is 0.240 e. The lowest BCUT2D eigenvalue weighted by Gasteiger charge is -2.20. The zero-order chi connectivity index (χ0) is 14.0. The van der Waals surface area contributed by atoms with Gasteiger partial charge in [-0.1, -0.05) is 0 Å². The molecule has 1 unspecified atom stereocenters. The summed E-state index contributed by atoms with van der Waals surface area (Å²) in [5.74, 6) is -0.712. The number of rotatable bonds is 5. The number of nitrogens with two attached hydrogens (primary N) is 1. The van der Waals surface area contributed by atoms with E-state index in [9.17, 15) is 17.9 Å². The van der Waals surface area contributed by atoms with Crippen molar-refractivity contribution >= 4 is 15.7 Å². The maximum absolute atomic E-state index is 12.9. The zero-order valence-corrected chi connectivity index (χ0v) is 10.5. The van der Waals surface area contributed by atoms with Crippen LogP contribution in [0.4, 0.5) is 10.1 Å². The number of aliphatic hydroxyl groups excluding tert-OH is 1. The molecular weight excluding hydrogens is 263 g/mol. The number of anilines is 1. The topological polar surface area (TPSA) is 113 Å². The standard InChI is InChI=1S/C10H15FN2O4S/c1-10(15,6-14)5-13-18(16,17)7-2-3-8(11)9(12)4-7/h2-4,13-15H,5-6,12H2,1H3. The van der Waals surface area contributed by atoms with Crippen molar-refractivity contribution in [1.82, 2.24) is 4.72 Å². The van der Waals surface area contributed by atoms with Crippen molar-refractivity contribution in [2.24, 2.45) is 0 Å². The van der Waals surface area contributed by atoms with Gasteiger partial charge >= 0.3 is 0 Å². The van der Waals surface area contributed by atoms with Gasteiger partial charge in [-0.3, -0.25) is 0 Å². The predicted octanol–water partition coefficient (Wildman–Crippen LogP) is -0.570. The lowest BCUT2D eigenvalue weighted by Crippen LogP contribution is -2.43. The molecule has 0 saturated carbocycles. The number of hydrogen-bond acceptors (Lipinski definition) is 5. The van der Waals surface area contributed by atoms with Crippen LogP contribution in [0, 0.1) is 5.82 Å². The van der Waals surface area contributed by atoms with E-state index >= 15 is 0 Å². The lowest BCUT2D eigenvalue weighted by atomic mass is 10.1. The molecule has 5 N–H and O–H groups in total. The molecule has 1 rings (SSSR count). The van der Waals surface area contributed by atoms with Gasteiger partial charge in [0.1, 0.15) is 5.82 Å². The van der Waals surface area contributed by atoms with Crippen molar-refractivity contribution < 1.29 is 23.0 Å². The minimum Gasteiger partial charge on any atom is -0.396 e. The van der Waals surface area contributed by atoms with Crippen LogP contribution in [0.3, 0.4) is 0 Å². The Kier molecular flexibility index (Phi) is 4.28. The van der Waals surface area contributed by atoms with Gasteiger partial charge in [-0.15, -0.1) is 0 Å². The van der Waals surface area contributed by atoms with Gasteiger partial charge in [0.25, 0.3) is 0 Å². The van der Waals surface area contributed by atoms with Crippen molar-refractivity contribution in [2.45, 2.75) is 17.4 Å². The fourth-order valence-electron chi connectivity index (χ4n) is 1.08. The maximum atomic E-state index is 12.9. The first-order chi connectivity index (χ1) is 8.18. The quantitative estimate of drug-likeness (QED) is 0.539. The van der Waals surface area contributed by atoms with Crippen LogP contribution in [0.25, 0.3) is 0 Å². The summed E-state index contributed by atoms with van der Waals surface area (Å²) in [6, 6.07) is 2.97. The van der Waals surface area contributed by atoms with Gasteiger partial charge in [0.2, 0.25) is 10.0 Å². The number of hydrogen-bond donors (Lipinski definition) is 4. The van der Waals surface area contributed by atoms with Gasteiger partial charge in [-0.25, -0.2) is 17.5 Å². The SMILES string of the molecule is CC(O)(CO)CNS(=O)(=O)c1ccc(F)c(N)c1. The molecule has 0 bridgehead atoms. The average molecular weight is 278 g/mol. The summed E-state index contributed by atoms with van der Waals surface area (Å²) >= 11 is 0. The molecule has 1 aromatic carbocycles. The Hall–Kier alpha value is -1.22. The van der Waals surface area contributed by atoms with E-state index in [0.29, 0.717) is 0 Å². The lowest BCUT2D eigenvalue weighted by molar-refractivity contribution is 0.00681. The van der Waals surface area contributed by atoms with Crippen LogP contribution in [0.1, 0.15) is 6.92 Å². The molecule has 0 aliphatic heterocycles. The fourth-order valence-corrected chi connectivity index (χ4v) is 2.28. The highest BCUT2D eigenvalue weighted by Crippen LogP contribution is 2.16. The summed E-state index contributed by atoms with van der Waals surface area (Å²) in [7, 11) is -3.91. The molecule has 8 heteroatoms. The van der Waals surface area contributed by atoms with E-state index in [4.69, 9.17) is 10.8 Å². The van der Waals surface area contributed by atoms with Crippen LogP contribution in [-0.2, 0) is 10.0 Å². The third-order valence-corrected chi connectivity index (χ3v) is 3.66. The number of benzene rings is 1. The highest BCUT2D eigenvalue weighted by atomic mass is 32.2. The molecule has 0 aliphatic carbocycles. The van der Waals surface area contributed by atoms with Gasteiger partial charge in [0.05, 0.1) is 22.8 Å². The first kappa shape index (κ1) is 14.8. The number of nitrogens with one attached hydrogen (secondary N) is 1. The van der Waals surface area contributed by atoms with Crippen LogP contribution >= 0.6 is 0 Å². The van der Waals surface area contributed by atoms with Gasteiger partial charge in [-0.2, -0.15) is 0 Å². The second kappa shape index (κ2) is 5.19. The minimum absolute atomic E-state index is 0.213. The number of aliphatic hydroxyl groups is 2. The van der Waals surface area contributed by atoms with Crippen LogP contribution in [0.5, 0.6) is 0 Å². The van der Waals surface area contributed by atoms with Crippen molar-refractivity contribution in [2.75, 3.05) is 18.9 Å². The second-order valence-corrected chi connectivity index (χ2v) is 5.93. The van der Waals surface area contributed by atoms with Gasteiger partial charge < -0.3 is 15.9 Å². The van der Waals surface area contributed by atoms with Gasteiger partial charge in [0, 0.05) is 6.54 Å². The molecule has 0 fully saturated rings. The Morgan fingerprint density at radius 1 is 1.50 bits per heavy atom. The Morgan fingerprint density at radius 3 is 2.61 bits per heavy atom. The molecule has 0 saturated heterocycles. The molecule has 102 valence electrons. The van der Waals surface area contributed by atoms with E-state index in [1.165, 1.54) is 6.92 Å². The first-order valence-corrected chi connectivity index (χ1v) is 6.54. The largest absolute Gasteiger partial charge is 0.396 e. The average Bonchev–Trinajstić information content (AvgIpc) is 2.30. The molecule has 18 heavy (non-hydrogen) atoms. The van der Waals surface area contributed by atoms with Crippen molar-refractivity contribution in [3.63, 3.8) is 0 Å². The van der Waals surface area contributed by atoms with Crippen LogP contribution < -0.4 is 10.5 Å². The number of nitrogen functional groups attached to an aromatic ring is 1. The summed E-state index contributed by atoms with van der Waals surface area (Å²) in [6.45, 7) is 0.304. The normalized spacial score (nSPS) is 15.3.